The van der Waals surface area contributed by atoms with Crippen molar-refractivity contribution in [2.24, 2.45) is 0 Å². The summed E-state index contributed by atoms with van der Waals surface area (Å²) in [6.07, 6.45) is -0.819. The molecule has 0 radical (unpaired) electrons. The molecule has 3 nitrogen and oxygen atoms in total. The Hall–Kier alpha value is -1.17. The van der Waals surface area contributed by atoms with Crippen LogP contribution >= 0.6 is 15.9 Å². The van der Waals surface area contributed by atoms with E-state index >= 15 is 0 Å². The Bertz CT molecular complexity index is 482. The maximum Gasteiger partial charge on any atom is 0.317 e. The van der Waals surface area contributed by atoms with Gasteiger partial charge in [-0.05, 0) is 36.1 Å². The molecule has 2 amide bonds. The third-order valence-electron chi connectivity index (χ3n) is 3.24. The van der Waals surface area contributed by atoms with Crippen molar-refractivity contribution < 1.29 is 13.6 Å². The van der Waals surface area contributed by atoms with Crippen LogP contribution in [0.15, 0.2) is 22.7 Å². The third kappa shape index (κ3) is 3.43. The number of hydrogen-bond donors (Lipinski definition) is 1. The summed E-state index contributed by atoms with van der Waals surface area (Å²) in [7, 11) is 1.37. The molecule has 0 fully saturated rings. The number of hydrogen-bond acceptors (Lipinski definition) is 1. The summed E-state index contributed by atoms with van der Waals surface area (Å²) in [4.78, 5) is 12.8. The van der Waals surface area contributed by atoms with Gasteiger partial charge >= 0.3 is 6.03 Å². The van der Waals surface area contributed by atoms with E-state index in [9.17, 15) is 13.6 Å². The van der Waals surface area contributed by atoms with Crippen LogP contribution in [0.25, 0.3) is 0 Å². The zero-order valence-electron chi connectivity index (χ0n) is 10.5. The van der Waals surface area contributed by atoms with Crippen LogP contribution in [-0.2, 0) is 6.42 Å². The number of carbonyl (C=O) groups excluding carboxylic acids is 1. The second-order valence-electron chi connectivity index (χ2n) is 4.66. The summed E-state index contributed by atoms with van der Waals surface area (Å²) in [5.41, 5.74) is 2.26. The van der Waals surface area contributed by atoms with Gasteiger partial charge in [-0.2, -0.15) is 0 Å². The number of fused-ring (bicyclic) bond motifs is 1. The van der Waals surface area contributed by atoms with Crippen LogP contribution in [0.4, 0.5) is 13.6 Å². The van der Waals surface area contributed by atoms with Crippen LogP contribution in [-0.4, -0.2) is 30.9 Å². The van der Waals surface area contributed by atoms with Crippen LogP contribution < -0.4 is 5.32 Å². The third-order valence-corrected chi connectivity index (χ3v) is 3.73. The van der Waals surface area contributed by atoms with E-state index in [1.54, 1.807) is 0 Å². The van der Waals surface area contributed by atoms with Gasteiger partial charge in [0, 0.05) is 11.5 Å². The normalized spacial score (nSPS) is 17.4. The van der Waals surface area contributed by atoms with Gasteiger partial charge in [-0.25, -0.2) is 13.6 Å². The molecule has 1 atom stereocenters. The molecule has 1 aliphatic rings. The number of carbonyl (C=O) groups is 1. The highest BCUT2D eigenvalue weighted by Crippen LogP contribution is 2.32. The van der Waals surface area contributed by atoms with Crippen molar-refractivity contribution in [3.05, 3.63) is 33.8 Å². The molecule has 0 saturated heterocycles. The fraction of sp³-hybridized carbons (Fsp3) is 0.462. The number of alkyl halides is 2. The minimum absolute atomic E-state index is 0.0873. The SMILES string of the molecule is CN(CC(F)F)C(=O)N[C@@H]1CCc2cc(Br)ccc21. The molecule has 0 aromatic heterocycles. The van der Waals surface area contributed by atoms with Crippen molar-refractivity contribution in [2.45, 2.75) is 25.3 Å². The molecular weight excluding hydrogens is 318 g/mol. The van der Waals surface area contributed by atoms with Gasteiger partial charge in [-0.3, -0.25) is 0 Å². The van der Waals surface area contributed by atoms with E-state index in [-0.39, 0.29) is 6.04 Å². The maximum atomic E-state index is 12.2. The minimum Gasteiger partial charge on any atom is -0.331 e. The number of rotatable bonds is 3. The van der Waals surface area contributed by atoms with Gasteiger partial charge < -0.3 is 10.2 Å². The second kappa shape index (κ2) is 5.86. The predicted molar refractivity (Wildman–Crippen MR) is 72.4 cm³/mol. The molecule has 0 unspecified atom stereocenters. The van der Waals surface area contributed by atoms with Gasteiger partial charge in [0.25, 0.3) is 6.43 Å². The first-order chi connectivity index (χ1) is 8.97. The summed E-state index contributed by atoms with van der Waals surface area (Å²) < 4.78 is 25.4. The summed E-state index contributed by atoms with van der Waals surface area (Å²) in [6, 6.07) is 5.37. The average Bonchev–Trinajstić information content (AvgIpc) is 2.70. The zero-order chi connectivity index (χ0) is 14.0. The van der Waals surface area contributed by atoms with E-state index in [2.05, 4.69) is 21.2 Å². The molecule has 2 rings (SSSR count). The summed E-state index contributed by atoms with van der Waals surface area (Å²) >= 11 is 3.41. The fourth-order valence-electron chi connectivity index (χ4n) is 2.29. The van der Waals surface area contributed by atoms with Crippen molar-refractivity contribution >= 4 is 22.0 Å². The Morgan fingerprint density at radius 2 is 2.32 bits per heavy atom. The van der Waals surface area contributed by atoms with Crippen molar-refractivity contribution in [2.75, 3.05) is 13.6 Å². The first kappa shape index (κ1) is 14.2. The lowest BCUT2D eigenvalue weighted by Crippen LogP contribution is -2.41. The molecule has 104 valence electrons. The lowest BCUT2D eigenvalue weighted by Gasteiger charge is -2.21. The van der Waals surface area contributed by atoms with E-state index < -0.39 is 19.0 Å². The number of nitrogens with one attached hydrogen (secondary N) is 1. The number of benzene rings is 1. The molecular formula is C13H15BrF2N2O. The molecule has 0 saturated carbocycles. The molecule has 0 heterocycles. The molecule has 6 heteroatoms. The van der Waals surface area contributed by atoms with Crippen molar-refractivity contribution in [3.63, 3.8) is 0 Å². The van der Waals surface area contributed by atoms with Gasteiger partial charge in [0.1, 0.15) is 0 Å². The van der Waals surface area contributed by atoms with Gasteiger partial charge in [-0.15, -0.1) is 0 Å². The quantitative estimate of drug-likeness (QED) is 0.904. The summed E-state index contributed by atoms with van der Waals surface area (Å²) in [5.74, 6) is 0. The highest BCUT2D eigenvalue weighted by molar-refractivity contribution is 9.10. The monoisotopic (exact) mass is 332 g/mol. The van der Waals surface area contributed by atoms with Crippen LogP contribution in [0.1, 0.15) is 23.6 Å². The van der Waals surface area contributed by atoms with Gasteiger partial charge in [0.05, 0.1) is 12.6 Å². The lowest BCUT2D eigenvalue weighted by atomic mass is 10.1. The molecule has 0 aliphatic heterocycles. The van der Waals surface area contributed by atoms with E-state index in [1.807, 2.05) is 18.2 Å². The Morgan fingerprint density at radius 3 is 3.00 bits per heavy atom. The van der Waals surface area contributed by atoms with Gasteiger partial charge in [0.2, 0.25) is 0 Å². The van der Waals surface area contributed by atoms with E-state index in [4.69, 9.17) is 0 Å². The average molecular weight is 333 g/mol. The molecule has 1 aromatic carbocycles. The van der Waals surface area contributed by atoms with Crippen LogP contribution in [0, 0.1) is 0 Å². The van der Waals surface area contributed by atoms with Crippen molar-refractivity contribution in [1.82, 2.24) is 10.2 Å². The first-order valence-electron chi connectivity index (χ1n) is 6.05. The number of amides is 2. The zero-order valence-corrected chi connectivity index (χ0v) is 12.1. The standard InChI is InChI=1S/C13H15BrF2N2O/c1-18(7-12(15)16)13(19)17-11-5-2-8-6-9(14)3-4-10(8)11/h3-4,6,11-12H,2,5,7H2,1H3,(H,17,19)/t11-/m1/s1. The highest BCUT2D eigenvalue weighted by atomic mass is 79.9. The molecule has 1 aromatic rings. The topological polar surface area (TPSA) is 32.3 Å². The number of nitrogens with zero attached hydrogens (tertiary/aromatic N) is 1. The van der Waals surface area contributed by atoms with Crippen LogP contribution in [0.3, 0.4) is 0 Å². The van der Waals surface area contributed by atoms with E-state index in [1.165, 1.54) is 12.6 Å². The Morgan fingerprint density at radius 1 is 1.58 bits per heavy atom. The fourth-order valence-corrected chi connectivity index (χ4v) is 2.69. The predicted octanol–water partition coefficient (Wildman–Crippen LogP) is 3.34. The molecule has 19 heavy (non-hydrogen) atoms. The number of aryl methyl sites for hydroxylation is 1. The van der Waals surface area contributed by atoms with Crippen molar-refractivity contribution in [3.8, 4) is 0 Å². The molecule has 1 aliphatic carbocycles. The van der Waals surface area contributed by atoms with E-state index in [0.29, 0.717) is 0 Å². The van der Waals surface area contributed by atoms with Gasteiger partial charge in [0.15, 0.2) is 0 Å². The highest BCUT2D eigenvalue weighted by Gasteiger charge is 2.25. The Balaban J connectivity index is 2.01. The Labute approximate surface area is 119 Å². The molecule has 0 bridgehead atoms. The second-order valence-corrected chi connectivity index (χ2v) is 5.57. The largest absolute Gasteiger partial charge is 0.331 e. The van der Waals surface area contributed by atoms with Crippen molar-refractivity contribution in [1.29, 1.82) is 0 Å². The first-order valence-corrected chi connectivity index (χ1v) is 6.85. The maximum absolute atomic E-state index is 12.2. The smallest absolute Gasteiger partial charge is 0.317 e. The van der Waals surface area contributed by atoms with Gasteiger partial charge in [-0.1, -0.05) is 22.0 Å². The van der Waals surface area contributed by atoms with Crippen LogP contribution in [0.5, 0.6) is 0 Å². The summed E-state index contributed by atoms with van der Waals surface area (Å²) in [6.45, 7) is -0.550. The molecule has 0 spiro atoms. The lowest BCUT2D eigenvalue weighted by molar-refractivity contribution is 0.107. The van der Waals surface area contributed by atoms with Crippen LogP contribution in [0.2, 0.25) is 0 Å². The number of urea groups is 1. The number of halogens is 3. The van der Waals surface area contributed by atoms with E-state index in [0.717, 1.165) is 27.8 Å². The Kier molecular flexibility index (Phi) is 4.39. The molecule has 1 N–H and O–H groups in total. The minimum atomic E-state index is -2.51. The summed E-state index contributed by atoms with van der Waals surface area (Å²) in [5, 5.41) is 2.80.